The predicted molar refractivity (Wildman–Crippen MR) is 76.6 cm³/mol. The third-order valence-electron chi connectivity index (χ3n) is 3.12. The average molecular weight is 262 g/mol. The molecule has 0 unspecified atom stereocenters. The fraction of sp³-hybridized carbons (Fsp3) is 0.533. The van der Waals surface area contributed by atoms with Gasteiger partial charge in [-0.3, -0.25) is 4.79 Å². The Morgan fingerprint density at radius 3 is 3.11 bits per heavy atom. The highest BCUT2D eigenvalue weighted by Crippen LogP contribution is 2.30. The number of hydrogen-bond donors (Lipinski definition) is 2. The zero-order valence-electron chi connectivity index (χ0n) is 11.7. The lowest BCUT2D eigenvalue weighted by atomic mass is 10.0. The maximum atomic E-state index is 11.6. The van der Waals surface area contributed by atoms with E-state index in [1.807, 2.05) is 12.1 Å². The second-order valence-corrected chi connectivity index (χ2v) is 5.30. The van der Waals surface area contributed by atoms with Gasteiger partial charge in [0, 0.05) is 24.3 Å². The molecule has 2 N–H and O–H groups in total. The zero-order chi connectivity index (χ0) is 13.7. The van der Waals surface area contributed by atoms with Gasteiger partial charge in [-0.15, -0.1) is 0 Å². The van der Waals surface area contributed by atoms with Crippen molar-refractivity contribution in [3.63, 3.8) is 0 Å². The molecule has 1 aromatic carbocycles. The Bertz CT molecular complexity index is 444. The number of anilines is 1. The molecule has 0 aliphatic carbocycles. The molecule has 0 spiro atoms. The van der Waals surface area contributed by atoms with E-state index in [1.54, 1.807) is 0 Å². The van der Waals surface area contributed by atoms with Crippen molar-refractivity contribution in [2.75, 3.05) is 25.0 Å². The van der Waals surface area contributed by atoms with E-state index in [0.717, 1.165) is 30.8 Å². The summed E-state index contributed by atoms with van der Waals surface area (Å²) in [7, 11) is 0. The van der Waals surface area contributed by atoms with Crippen LogP contribution in [-0.2, 0) is 11.2 Å². The Hall–Kier alpha value is -1.71. The highest BCUT2D eigenvalue weighted by molar-refractivity contribution is 5.77. The van der Waals surface area contributed by atoms with Crippen LogP contribution >= 0.6 is 0 Å². The number of hydrogen-bond acceptors (Lipinski definition) is 3. The summed E-state index contributed by atoms with van der Waals surface area (Å²) in [4.78, 5) is 11.6. The molecule has 0 atom stereocenters. The maximum absolute atomic E-state index is 11.6. The van der Waals surface area contributed by atoms with E-state index in [9.17, 15) is 4.79 Å². The zero-order valence-corrected chi connectivity index (χ0v) is 11.7. The van der Waals surface area contributed by atoms with Crippen LogP contribution in [0.5, 0.6) is 5.75 Å². The third kappa shape index (κ3) is 3.88. The Kier molecular flexibility index (Phi) is 4.66. The summed E-state index contributed by atoms with van der Waals surface area (Å²) in [5.41, 5.74) is 2.32. The van der Waals surface area contributed by atoms with Crippen LogP contribution in [0.1, 0.15) is 25.8 Å². The van der Waals surface area contributed by atoms with Gasteiger partial charge < -0.3 is 15.4 Å². The van der Waals surface area contributed by atoms with E-state index in [4.69, 9.17) is 4.74 Å². The van der Waals surface area contributed by atoms with E-state index in [2.05, 4.69) is 30.5 Å². The quantitative estimate of drug-likeness (QED) is 0.855. The molecule has 4 heteroatoms. The number of ether oxygens (including phenoxy) is 1. The van der Waals surface area contributed by atoms with Crippen LogP contribution in [0, 0.1) is 5.92 Å². The van der Waals surface area contributed by atoms with Gasteiger partial charge in [-0.05, 0) is 30.9 Å². The van der Waals surface area contributed by atoms with Gasteiger partial charge >= 0.3 is 0 Å². The van der Waals surface area contributed by atoms with Gasteiger partial charge in [0.1, 0.15) is 5.75 Å². The molecular weight excluding hydrogens is 240 g/mol. The fourth-order valence-corrected chi connectivity index (χ4v) is 2.12. The summed E-state index contributed by atoms with van der Waals surface area (Å²) in [5.74, 6) is 1.22. The van der Waals surface area contributed by atoms with Crippen LogP contribution in [0.25, 0.3) is 0 Å². The van der Waals surface area contributed by atoms with Gasteiger partial charge in [-0.1, -0.05) is 19.9 Å². The first-order valence-electron chi connectivity index (χ1n) is 6.92. The number of carbonyl (C=O) groups excluding carboxylic acids is 1. The molecule has 0 saturated carbocycles. The molecule has 1 aliphatic rings. The minimum atomic E-state index is -0.0601. The fourth-order valence-electron chi connectivity index (χ4n) is 2.12. The highest BCUT2D eigenvalue weighted by atomic mass is 16.5. The topological polar surface area (TPSA) is 50.4 Å². The molecule has 0 radical (unpaired) electrons. The van der Waals surface area contributed by atoms with Gasteiger partial charge in [0.05, 0.1) is 0 Å². The molecule has 0 aromatic heterocycles. The number of rotatable bonds is 5. The van der Waals surface area contributed by atoms with Crippen LogP contribution in [-0.4, -0.2) is 25.6 Å². The van der Waals surface area contributed by atoms with Gasteiger partial charge in [0.25, 0.3) is 5.91 Å². The van der Waals surface area contributed by atoms with Crippen LogP contribution < -0.4 is 15.4 Å². The second kappa shape index (κ2) is 6.45. The highest BCUT2D eigenvalue weighted by Gasteiger charge is 2.14. The number of fused-ring (bicyclic) bond motifs is 1. The Balaban J connectivity index is 1.91. The van der Waals surface area contributed by atoms with Gasteiger partial charge in [-0.2, -0.15) is 0 Å². The van der Waals surface area contributed by atoms with E-state index in [0.29, 0.717) is 12.5 Å². The standard InChI is InChI=1S/C15H22N2O2/c1-11(2)9-17-15(18)10-19-14-7-3-6-13-12(14)5-4-8-16-13/h3,6-7,11,16H,4-5,8-10H2,1-2H3,(H,17,18). The summed E-state index contributed by atoms with van der Waals surface area (Å²) < 4.78 is 5.65. The summed E-state index contributed by atoms with van der Waals surface area (Å²) in [6, 6.07) is 5.94. The number of benzene rings is 1. The summed E-state index contributed by atoms with van der Waals surface area (Å²) in [6.07, 6.45) is 2.11. The van der Waals surface area contributed by atoms with Gasteiger partial charge in [0.15, 0.2) is 6.61 Å². The first-order valence-corrected chi connectivity index (χ1v) is 6.92. The smallest absolute Gasteiger partial charge is 0.257 e. The molecular formula is C15H22N2O2. The minimum Gasteiger partial charge on any atom is -0.483 e. The van der Waals surface area contributed by atoms with E-state index >= 15 is 0 Å². The lowest BCUT2D eigenvalue weighted by Crippen LogP contribution is -2.32. The van der Waals surface area contributed by atoms with Crippen molar-refractivity contribution < 1.29 is 9.53 Å². The molecule has 104 valence electrons. The molecule has 19 heavy (non-hydrogen) atoms. The molecule has 0 bridgehead atoms. The molecule has 0 fully saturated rings. The monoisotopic (exact) mass is 262 g/mol. The van der Waals surface area contributed by atoms with Crippen molar-refractivity contribution in [1.29, 1.82) is 0 Å². The Morgan fingerprint density at radius 2 is 2.32 bits per heavy atom. The number of carbonyl (C=O) groups is 1. The third-order valence-corrected chi connectivity index (χ3v) is 3.12. The summed E-state index contributed by atoms with van der Waals surface area (Å²) >= 11 is 0. The lowest BCUT2D eigenvalue weighted by molar-refractivity contribution is -0.123. The van der Waals surface area contributed by atoms with E-state index in [1.165, 1.54) is 5.56 Å². The normalized spacial score (nSPS) is 13.6. The number of amides is 1. The van der Waals surface area contributed by atoms with Crippen molar-refractivity contribution in [3.05, 3.63) is 23.8 Å². The molecule has 0 saturated heterocycles. The average Bonchev–Trinajstić information content (AvgIpc) is 2.42. The molecule has 2 rings (SSSR count). The van der Waals surface area contributed by atoms with Crippen molar-refractivity contribution >= 4 is 11.6 Å². The lowest BCUT2D eigenvalue weighted by Gasteiger charge is -2.20. The van der Waals surface area contributed by atoms with Gasteiger partial charge in [-0.25, -0.2) is 0 Å². The summed E-state index contributed by atoms with van der Waals surface area (Å²) in [5, 5.41) is 6.20. The Labute approximate surface area is 114 Å². The van der Waals surface area contributed by atoms with E-state index in [-0.39, 0.29) is 12.5 Å². The maximum Gasteiger partial charge on any atom is 0.257 e. The van der Waals surface area contributed by atoms with Crippen LogP contribution in [0.4, 0.5) is 5.69 Å². The molecule has 1 aromatic rings. The van der Waals surface area contributed by atoms with E-state index < -0.39 is 0 Å². The Morgan fingerprint density at radius 1 is 1.47 bits per heavy atom. The van der Waals surface area contributed by atoms with Crippen LogP contribution in [0.3, 0.4) is 0 Å². The first-order chi connectivity index (χ1) is 9.16. The van der Waals surface area contributed by atoms with Crippen molar-refractivity contribution in [3.8, 4) is 5.75 Å². The van der Waals surface area contributed by atoms with Crippen molar-refractivity contribution in [2.45, 2.75) is 26.7 Å². The van der Waals surface area contributed by atoms with Crippen LogP contribution in [0.15, 0.2) is 18.2 Å². The number of nitrogens with one attached hydrogen (secondary N) is 2. The SMILES string of the molecule is CC(C)CNC(=O)COc1cccc2c1CCCN2. The van der Waals surface area contributed by atoms with Crippen molar-refractivity contribution in [2.24, 2.45) is 5.92 Å². The van der Waals surface area contributed by atoms with Crippen molar-refractivity contribution in [1.82, 2.24) is 5.32 Å². The van der Waals surface area contributed by atoms with Gasteiger partial charge in [0.2, 0.25) is 0 Å². The largest absolute Gasteiger partial charge is 0.483 e. The van der Waals surface area contributed by atoms with Crippen LogP contribution in [0.2, 0.25) is 0 Å². The molecule has 1 aliphatic heterocycles. The second-order valence-electron chi connectivity index (χ2n) is 5.30. The summed E-state index contributed by atoms with van der Waals surface area (Å²) in [6.45, 7) is 5.92. The molecule has 1 heterocycles. The first kappa shape index (κ1) is 13.7. The minimum absolute atomic E-state index is 0.0601. The molecule has 4 nitrogen and oxygen atoms in total. The predicted octanol–water partition coefficient (Wildman–Crippen LogP) is 2.20. The molecule has 1 amide bonds.